The van der Waals surface area contributed by atoms with Crippen molar-refractivity contribution in [2.45, 2.75) is 26.8 Å². The van der Waals surface area contributed by atoms with Crippen molar-refractivity contribution < 1.29 is 9.53 Å². The lowest BCUT2D eigenvalue weighted by Crippen LogP contribution is -2.34. The number of aryl methyl sites for hydroxylation is 1. The van der Waals surface area contributed by atoms with Crippen molar-refractivity contribution in [3.8, 4) is 22.7 Å². The second-order valence-corrected chi connectivity index (χ2v) is 9.61. The highest BCUT2D eigenvalue weighted by atomic mass is 32.2. The molecule has 0 saturated carbocycles. The SMILES string of the molecule is C=CCOc1ccc(-c2nn(-c3ccccc3)cc2C=C2SC(=S)N(C(C)C)C2=O)cc1C. The molecule has 1 aromatic heterocycles. The van der Waals surface area contributed by atoms with Gasteiger partial charge in [0.2, 0.25) is 0 Å². The number of para-hydroxylation sites is 1. The van der Waals surface area contributed by atoms with Gasteiger partial charge in [0.15, 0.2) is 0 Å². The van der Waals surface area contributed by atoms with Gasteiger partial charge in [0, 0.05) is 23.4 Å². The molecule has 3 aromatic rings. The number of amides is 1. The van der Waals surface area contributed by atoms with Crippen molar-refractivity contribution in [1.29, 1.82) is 0 Å². The third-order valence-corrected chi connectivity index (χ3v) is 6.53. The van der Waals surface area contributed by atoms with E-state index in [-0.39, 0.29) is 11.9 Å². The molecule has 0 aliphatic carbocycles. The van der Waals surface area contributed by atoms with Crippen LogP contribution in [0, 0.1) is 6.92 Å². The van der Waals surface area contributed by atoms with E-state index in [0.717, 1.165) is 33.8 Å². The molecule has 4 rings (SSSR count). The molecule has 33 heavy (non-hydrogen) atoms. The quantitative estimate of drug-likeness (QED) is 0.237. The summed E-state index contributed by atoms with van der Waals surface area (Å²) in [6.07, 6.45) is 5.56. The van der Waals surface area contributed by atoms with Crippen LogP contribution in [0.5, 0.6) is 5.75 Å². The fourth-order valence-electron chi connectivity index (χ4n) is 3.60. The summed E-state index contributed by atoms with van der Waals surface area (Å²) in [6, 6.07) is 15.9. The molecule has 0 unspecified atom stereocenters. The molecule has 1 amide bonds. The van der Waals surface area contributed by atoms with Crippen LogP contribution in [0.15, 0.2) is 72.3 Å². The van der Waals surface area contributed by atoms with Crippen LogP contribution in [-0.4, -0.2) is 37.6 Å². The maximum Gasteiger partial charge on any atom is 0.266 e. The molecule has 1 fully saturated rings. The molecule has 0 radical (unpaired) electrons. The lowest BCUT2D eigenvalue weighted by atomic mass is 10.0. The van der Waals surface area contributed by atoms with E-state index in [0.29, 0.717) is 15.8 Å². The molecule has 7 heteroatoms. The molecule has 0 spiro atoms. The van der Waals surface area contributed by atoms with E-state index in [1.165, 1.54) is 11.8 Å². The molecule has 168 valence electrons. The van der Waals surface area contributed by atoms with Gasteiger partial charge in [-0.1, -0.05) is 54.8 Å². The topological polar surface area (TPSA) is 47.4 Å². The molecule has 0 N–H and O–H groups in total. The molecule has 0 bridgehead atoms. The second-order valence-electron chi connectivity index (χ2n) is 7.94. The normalized spacial score (nSPS) is 15.0. The summed E-state index contributed by atoms with van der Waals surface area (Å²) < 4.78 is 8.14. The third kappa shape index (κ3) is 4.79. The van der Waals surface area contributed by atoms with E-state index in [9.17, 15) is 4.79 Å². The minimum Gasteiger partial charge on any atom is -0.489 e. The van der Waals surface area contributed by atoms with Gasteiger partial charge < -0.3 is 4.74 Å². The van der Waals surface area contributed by atoms with Crippen LogP contribution < -0.4 is 4.74 Å². The highest BCUT2D eigenvalue weighted by Crippen LogP contribution is 2.36. The van der Waals surface area contributed by atoms with Gasteiger partial charge in [0.1, 0.15) is 22.4 Å². The average molecular weight is 476 g/mol. The Kier molecular flexibility index (Phi) is 6.81. The lowest BCUT2D eigenvalue weighted by Gasteiger charge is -2.18. The zero-order valence-electron chi connectivity index (χ0n) is 18.8. The number of carbonyl (C=O) groups excluding carboxylic acids is 1. The van der Waals surface area contributed by atoms with Crippen LogP contribution in [-0.2, 0) is 4.79 Å². The molecule has 2 heterocycles. The van der Waals surface area contributed by atoms with Crippen molar-refractivity contribution in [2.24, 2.45) is 0 Å². The number of thiocarbonyl (C=S) groups is 1. The van der Waals surface area contributed by atoms with E-state index in [2.05, 4.69) is 6.58 Å². The first-order chi connectivity index (χ1) is 15.9. The Labute approximate surface area is 203 Å². The van der Waals surface area contributed by atoms with Gasteiger partial charge in [0.05, 0.1) is 10.6 Å². The van der Waals surface area contributed by atoms with Gasteiger partial charge in [-0.3, -0.25) is 9.69 Å². The van der Waals surface area contributed by atoms with E-state index < -0.39 is 0 Å². The Balaban J connectivity index is 1.79. The van der Waals surface area contributed by atoms with Crippen molar-refractivity contribution in [2.75, 3.05) is 6.61 Å². The Hall–Kier alpha value is -3.16. The fourth-order valence-corrected chi connectivity index (χ4v) is 5.12. The zero-order chi connectivity index (χ0) is 23.5. The van der Waals surface area contributed by atoms with Crippen molar-refractivity contribution in [3.05, 3.63) is 83.4 Å². The number of benzene rings is 2. The Morgan fingerprint density at radius 3 is 2.61 bits per heavy atom. The van der Waals surface area contributed by atoms with Crippen molar-refractivity contribution in [1.82, 2.24) is 14.7 Å². The molecule has 2 aromatic carbocycles. The molecule has 1 aliphatic heterocycles. The summed E-state index contributed by atoms with van der Waals surface area (Å²) in [5.41, 5.74) is 4.52. The number of hydrogen-bond donors (Lipinski definition) is 0. The first-order valence-electron chi connectivity index (χ1n) is 10.7. The number of hydrogen-bond acceptors (Lipinski definition) is 5. The van der Waals surface area contributed by atoms with E-state index in [1.807, 2.05) is 86.3 Å². The van der Waals surface area contributed by atoms with Gasteiger partial charge >= 0.3 is 0 Å². The molecule has 1 aliphatic rings. The molecule has 5 nitrogen and oxygen atoms in total. The number of carbonyl (C=O) groups is 1. The maximum absolute atomic E-state index is 13.0. The fraction of sp³-hybridized carbons (Fsp3) is 0.192. The number of thioether (sulfide) groups is 1. The highest BCUT2D eigenvalue weighted by Gasteiger charge is 2.34. The molecular formula is C26H25N3O2S2. The van der Waals surface area contributed by atoms with Gasteiger partial charge in [-0.2, -0.15) is 5.10 Å². The van der Waals surface area contributed by atoms with Gasteiger partial charge in [-0.05, 0) is 62.7 Å². The minimum absolute atomic E-state index is 0.0145. The molecule has 1 saturated heterocycles. The van der Waals surface area contributed by atoms with Crippen LogP contribution in [0.25, 0.3) is 23.0 Å². The second kappa shape index (κ2) is 9.77. The molecular weight excluding hydrogens is 450 g/mol. The highest BCUT2D eigenvalue weighted by molar-refractivity contribution is 8.26. The smallest absolute Gasteiger partial charge is 0.266 e. The summed E-state index contributed by atoms with van der Waals surface area (Å²) >= 11 is 6.78. The largest absolute Gasteiger partial charge is 0.489 e. The summed E-state index contributed by atoms with van der Waals surface area (Å²) in [7, 11) is 0. The van der Waals surface area contributed by atoms with Crippen LogP contribution in [0.2, 0.25) is 0 Å². The van der Waals surface area contributed by atoms with E-state index >= 15 is 0 Å². The predicted molar refractivity (Wildman–Crippen MR) is 140 cm³/mol. The standard InChI is InChI=1S/C26H25N3O2S2/c1-5-13-31-22-12-11-19(14-18(22)4)24-20(16-28(27-24)21-9-7-6-8-10-21)15-23-25(30)29(17(2)3)26(32)33-23/h5-12,14-17H,1,13H2,2-4H3. The van der Waals surface area contributed by atoms with Gasteiger partial charge in [-0.25, -0.2) is 4.68 Å². The average Bonchev–Trinajstić information content (AvgIpc) is 3.34. The van der Waals surface area contributed by atoms with Gasteiger partial charge in [-0.15, -0.1) is 0 Å². The minimum atomic E-state index is -0.0669. The monoisotopic (exact) mass is 475 g/mol. The number of rotatable bonds is 7. The Bertz CT molecular complexity index is 1250. The first-order valence-corrected chi connectivity index (χ1v) is 11.9. The van der Waals surface area contributed by atoms with Crippen molar-refractivity contribution >= 4 is 40.3 Å². The Morgan fingerprint density at radius 2 is 1.97 bits per heavy atom. The summed E-state index contributed by atoms with van der Waals surface area (Å²) in [4.78, 5) is 15.2. The maximum atomic E-state index is 13.0. The Morgan fingerprint density at radius 1 is 1.21 bits per heavy atom. The summed E-state index contributed by atoms with van der Waals surface area (Å²) in [5, 5.41) is 4.87. The van der Waals surface area contributed by atoms with Crippen LogP contribution in [0.4, 0.5) is 0 Å². The lowest BCUT2D eigenvalue weighted by molar-refractivity contribution is -0.123. The third-order valence-electron chi connectivity index (χ3n) is 5.19. The molecule has 0 atom stereocenters. The van der Waals surface area contributed by atoms with Crippen molar-refractivity contribution in [3.63, 3.8) is 0 Å². The van der Waals surface area contributed by atoms with Crippen LogP contribution in [0.1, 0.15) is 25.0 Å². The number of aromatic nitrogens is 2. The predicted octanol–water partition coefficient (Wildman–Crippen LogP) is 6.02. The summed E-state index contributed by atoms with van der Waals surface area (Å²) in [5.74, 6) is 0.739. The number of ether oxygens (including phenoxy) is 1. The van der Waals surface area contributed by atoms with E-state index in [1.54, 1.807) is 11.0 Å². The van der Waals surface area contributed by atoms with E-state index in [4.69, 9.17) is 22.1 Å². The summed E-state index contributed by atoms with van der Waals surface area (Å²) in [6.45, 7) is 10.1. The first kappa shape index (κ1) is 23.0. The van der Waals surface area contributed by atoms with Gasteiger partial charge in [0.25, 0.3) is 5.91 Å². The zero-order valence-corrected chi connectivity index (χ0v) is 20.5. The van der Waals surface area contributed by atoms with Crippen LogP contribution >= 0.6 is 24.0 Å². The number of nitrogens with zero attached hydrogens (tertiary/aromatic N) is 3. The van der Waals surface area contributed by atoms with Crippen LogP contribution in [0.3, 0.4) is 0 Å².